The van der Waals surface area contributed by atoms with Crippen molar-refractivity contribution in [2.45, 2.75) is 31.7 Å². The molecule has 0 heterocycles. The summed E-state index contributed by atoms with van der Waals surface area (Å²) in [5.41, 5.74) is 5.38. The van der Waals surface area contributed by atoms with Crippen molar-refractivity contribution in [1.29, 1.82) is 0 Å². The molecule has 0 saturated carbocycles. The van der Waals surface area contributed by atoms with E-state index in [1.165, 1.54) is 0 Å². The van der Waals surface area contributed by atoms with E-state index < -0.39 is 22.8 Å². The summed E-state index contributed by atoms with van der Waals surface area (Å²) < 4.78 is 10.8. The molecule has 0 rings (SSSR count). The van der Waals surface area contributed by atoms with Crippen LogP contribution >= 0.6 is 12.2 Å². The van der Waals surface area contributed by atoms with Crippen LogP contribution in [0.5, 0.6) is 0 Å². The number of carbonyl (C=O) groups is 1. The minimum absolute atomic E-state index is 0.472. The highest BCUT2D eigenvalue weighted by atomic mass is 32.2. The molecule has 0 aromatic carbocycles. The van der Waals surface area contributed by atoms with Crippen LogP contribution in [0.4, 0.5) is 0 Å². The molecule has 0 bridgehead atoms. The van der Waals surface area contributed by atoms with E-state index in [-0.39, 0.29) is 0 Å². The summed E-state index contributed by atoms with van der Waals surface area (Å²) in [5, 5.41) is 15.2. The van der Waals surface area contributed by atoms with Crippen molar-refractivity contribution in [2.24, 2.45) is 5.73 Å². The topological polar surface area (TPSA) is 104 Å². The van der Waals surface area contributed by atoms with Crippen LogP contribution in [0.3, 0.4) is 0 Å². The number of thiocarbonyl (C=S) groups is 1. The first-order chi connectivity index (χ1) is 8.93. The molecule has 2 atom stereocenters. The van der Waals surface area contributed by atoms with Crippen LogP contribution in [-0.4, -0.2) is 51.5 Å². The molecular weight excluding hydrogens is 286 g/mol. The van der Waals surface area contributed by atoms with Gasteiger partial charge in [-0.05, 0) is 37.9 Å². The number of hydrogen-bond acceptors (Lipinski definition) is 4. The molecule has 6 nitrogen and oxygen atoms in total. The first-order valence-corrected chi connectivity index (χ1v) is 8.37. The van der Waals surface area contributed by atoms with E-state index in [1.54, 1.807) is 6.26 Å². The van der Waals surface area contributed by atoms with E-state index in [1.807, 2.05) is 0 Å². The molecule has 0 aliphatic carbocycles. The largest absolute Gasteiger partial charge is 0.480 e. The van der Waals surface area contributed by atoms with Crippen LogP contribution in [0.2, 0.25) is 0 Å². The normalized spacial score (nSPS) is 13.6. The minimum Gasteiger partial charge on any atom is -0.480 e. The summed E-state index contributed by atoms with van der Waals surface area (Å²) in [6.45, 7) is 1.40. The van der Waals surface area contributed by atoms with E-state index in [0.29, 0.717) is 30.4 Å². The number of unbranched alkanes of at least 4 members (excludes halogenated alkanes) is 1. The summed E-state index contributed by atoms with van der Waals surface area (Å²) in [6, 6.07) is -0.778. The van der Waals surface area contributed by atoms with E-state index in [2.05, 4.69) is 10.6 Å². The quantitative estimate of drug-likeness (QED) is 0.327. The van der Waals surface area contributed by atoms with Crippen LogP contribution in [0.25, 0.3) is 0 Å². The summed E-state index contributed by atoms with van der Waals surface area (Å²) >= 11 is 5.06. The first kappa shape index (κ1) is 18.3. The number of hydrogen-bond donors (Lipinski definition) is 4. The number of nitrogens with one attached hydrogen (secondary N) is 2. The second-order valence-corrected chi connectivity index (χ2v) is 6.22. The van der Waals surface area contributed by atoms with Gasteiger partial charge in [0.25, 0.3) is 0 Å². The van der Waals surface area contributed by atoms with Gasteiger partial charge >= 0.3 is 5.97 Å². The number of carboxylic acids is 1. The highest BCUT2D eigenvalue weighted by Crippen LogP contribution is 1.98. The average molecular weight is 309 g/mol. The second-order valence-electron chi connectivity index (χ2n) is 4.25. The third-order valence-electron chi connectivity index (χ3n) is 2.44. The van der Waals surface area contributed by atoms with E-state index in [0.717, 1.165) is 19.3 Å². The maximum absolute atomic E-state index is 10.8. The lowest BCUT2D eigenvalue weighted by molar-refractivity contribution is -0.138. The molecule has 0 fully saturated rings. The lowest BCUT2D eigenvalue weighted by Gasteiger charge is -2.10. The van der Waals surface area contributed by atoms with Gasteiger partial charge in [0, 0.05) is 35.9 Å². The standard InChI is InChI=1S/C11H23N3O3S2/c1-19(17)8-4-7-14-11(18)13-6-3-2-5-9(12)10(15)16/h9H,2-8,12H2,1H3,(H,15,16)(H2,13,14,18)/t9-,19?/m0/s1. The smallest absolute Gasteiger partial charge is 0.320 e. The van der Waals surface area contributed by atoms with Gasteiger partial charge in [-0.3, -0.25) is 9.00 Å². The Morgan fingerprint density at radius 1 is 1.32 bits per heavy atom. The van der Waals surface area contributed by atoms with Gasteiger partial charge in [0.2, 0.25) is 0 Å². The van der Waals surface area contributed by atoms with Crippen molar-refractivity contribution < 1.29 is 14.1 Å². The van der Waals surface area contributed by atoms with Crippen molar-refractivity contribution >= 4 is 34.1 Å². The zero-order valence-electron chi connectivity index (χ0n) is 11.2. The third kappa shape index (κ3) is 12.1. The summed E-state index contributed by atoms with van der Waals surface area (Å²) in [4.78, 5) is 10.5. The number of rotatable bonds is 10. The maximum Gasteiger partial charge on any atom is 0.320 e. The number of carboxylic acid groups (broad SMARTS) is 1. The Balaban J connectivity index is 3.39. The predicted molar refractivity (Wildman–Crippen MR) is 81.6 cm³/mol. The Labute approximate surface area is 122 Å². The monoisotopic (exact) mass is 309 g/mol. The van der Waals surface area contributed by atoms with Crippen LogP contribution < -0.4 is 16.4 Å². The van der Waals surface area contributed by atoms with Crippen LogP contribution in [0.1, 0.15) is 25.7 Å². The molecule has 0 aromatic heterocycles. The number of nitrogens with two attached hydrogens (primary N) is 1. The zero-order valence-corrected chi connectivity index (χ0v) is 12.8. The van der Waals surface area contributed by atoms with Crippen molar-refractivity contribution in [2.75, 3.05) is 25.1 Å². The van der Waals surface area contributed by atoms with Crippen LogP contribution in [-0.2, 0) is 15.6 Å². The SMILES string of the molecule is CS(=O)CCCNC(=S)NCCCC[C@H](N)C(=O)O. The summed E-state index contributed by atoms with van der Waals surface area (Å²) in [5.74, 6) is -0.290. The molecule has 0 aliphatic rings. The molecule has 0 aliphatic heterocycles. The van der Waals surface area contributed by atoms with E-state index in [4.69, 9.17) is 23.1 Å². The Kier molecular flexibility index (Phi) is 10.7. The van der Waals surface area contributed by atoms with E-state index in [9.17, 15) is 9.00 Å². The van der Waals surface area contributed by atoms with Gasteiger partial charge in [-0.25, -0.2) is 0 Å². The van der Waals surface area contributed by atoms with Gasteiger partial charge in [-0.15, -0.1) is 0 Å². The second kappa shape index (κ2) is 11.1. The van der Waals surface area contributed by atoms with Gasteiger partial charge in [-0.1, -0.05) is 0 Å². The van der Waals surface area contributed by atoms with Gasteiger partial charge in [0.1, 0.15) is 6.04 Å². The van der Waals surface area contributed by atoms with Crippen molar-refractivity contribution in [3.63, 3.8) is 0 Å². The predicted octanol–water partition coefficient (Wildman–Crippen LogP) is -0.199. The first-order valence-electron chi connectivity index (χ1n) is 6.23. The van der Waals surface area contributed by atoms with Gasteiger partial charge in [0.05, 0.1) is 0 Å². The fraction of sp³-hybridized carbons (Fsp3) is 0.818. The van der Waals surface area contributed by atoms with Crippen LogP contribution in [0.15, 0.2) is 0 Å². The van der Waals surface area contributed by atoms with Crippen molar-refractivity contribution in [3.05, 3.63) is 0 Å². The Hall–Kier alpha value is -0.730. The highest BCUT2D eigenvalue weighted by Gasteiger charge is 2.09. The highest BCUT2D eigenvalue weighted by molar-refractivity contribution is 7.84. The Bertz CT molecular complexity index is 314. The molecule has 19 heavy (non-hydrogen) atoms. The lowest BCUT2D eigenvalue weighted by Crippen LogP contribution is -2.36. The Morgan fingerprint density at radius 2 is 1.89 bits per heavy atom. The van der Waals surface area contributed by atoms with E-state index >= 15 is 0 Å². The van der Waals surface area contributed by atoms with Gasteiger partial charge in [0.15, 0.2) is 5.11 Å². The molecule has 0 aromatic rings. The number of aliphatic carboxylic acids is 1. The van der Waals surface area contributed by atoms with Crippen molar-refractivity contribution in [1.82, 2.24) is 10.6 Å². The molecule has 112 valence electrons. The Morgan fingerprint density at radius 3 is 2.42 bits per heavy atom. The zero-order chi connectivity index (χ0) is 14.7. The molecule has 5 N–H and O–H groups in total. The maximum atomic E-state index is 10.8. The summed E-state index contributed by atoms with van der Waals surface area (Å²) in [7, 11) is -0.760. The van der Waals surface area contributed by atoms with Gasteiger partial charge < -0.3 is 21.5 Å². The van der Waals surface area contributed by atoms with Crippen molar-refractivity contribution in [3.8, 4) is 0 Å². The average Bonchev–Trinajstić information content (AvgIpc) is 2.33. The molecule has 0 radical (unpaired) electrons. The summed E-state index contributed by atoms with van der Waals surface area (Å²) in [6.07, 6.45) is 4.54. The lowest BCUT2D eigenvalue weighted by atomic mass is 10.1. The van der Waals surface area contributed by atoms with Gasteiger partial charge in [-0.2, -0.15) is 0 Å². The molecule has 0 spiro atoms. The third-order valence-corrected chi connectivity index (χ3v) is 3.59. The molecule has 0 amide bonds. The van der Waals surface area contributed by atoms with Crippen LogP contribution in [0, 0.1) is 0 Å². The minimum atomic E-state index is -0.960. The molecular formula is C11H23N3O3S2. The molecule has 0 saturated heterocycles. The fourth-order valence-electron chi connectivity index (χ4n) is 1.35. The fourth-order valence-corrected chi connectivity index (χ4v) is 2.11. The molecule has 1 unspecified atom stereocenters. The molecule has 8 heteroatoms.